The standard InChI is InChI=1S/C27H27N5O2S/c1-18-11-13-20(14-12-18)16-28-26(34)22-9-4-5-10-23(22)29-24(33)17-35-27-31-30-25(32(27)3)21-8-6-7-19(2)15-21/h4-15H,16-17H2,1-3H3,(H,28,34)(H,29,33). The van der Waals surface area contributed by atoms with Gasteiger partial charge in [0.15, 0.2) is 11.0 Å². The van der Waals surface area contributed by atoms with Gasteiger partial charge in [-0.25, -0.2) is 0 Å². The highest BCUT2D eigenvalue weighted by atomic mass is 32.2. The lowest BCUT2D eigenvalue weighted by Crippen LogP contribution is -2.25. The number of carbonyl (C=O) groups excluding carboxylic acids is 2. The number of benzene rings is 3. The summed E-state index contributed by atoms with van der Waals surface area (Å²) in [7, 11) is 1.88. The Bertz CT molecular complexity index is 1350. The summed E-state index contributed by atoms with van der Waals surface area (Å²) < 4.78 is 1.87. The minimum atomic E-state index is -0.245. The van der Waals surface area contributed by atoms with E-state index in [4.69, 9.17) is 0 Å². The lowest BCUT2D eigenvalue weighted by atomic mass is 10.1. The van der Waals surface area contributed by atoms with Crippen LogP contribution in [0.3, 0.4) is 0 Å². The molecular weight excluding hydrogens is 458 g/mol. The first-order chi connectivity index (χ1) is 16.9. The third-order valence-corrected chi connectivity index (χ3v) is 6.48. The lowest BCUT2D eigenvalue weighted by Gasteiger charge is -2.12. The third-order valence-electron chi connectivity index (χ3n) is 5.46. The van der Waals surface area contributed by atoms with Gasteiger partial charge >= 0.3 is 0 Å². The molecule has 178 valence electrons. The third kappa shape index (κ3) is 6.16. The van der Waals surface area contributed by atoms with Crippen LogP contribution in [-0.4, -0.2) is 32.3 Å². The van der Waals surface area contributed by atoms with Gasteiger partial charge in [0.05, 0.1) is 17.0 Å². The molecule has 1 heterocycles. The zero-order valence-electron chi connectivity index (χ0n) is 19.9. The van der Waals surface area contributed by atoms with Crippen molar-refractivity contribution < 1.29 is 9.59 Å². The van der Waals surface area contributed by atoms with Crippen molar-refractivity contribution in [1.82, 2.24) is 20.1 Å². The molecule has 0 fully saturated rings. The molecule has 1 aromatic heterocycles. The van der Waals surface area contributed by atoms with E-state index in [1.807, 2.05) is 74.0 Å². The number of hydrogen-bond donors (Lipinski definition) is 2. The number of hydrogen-bond acceptors (Lipinski definition) is 5. The Kier molecular flexibility index (Phi) is 7.62. The van der Waals surface area contributed by atoms with E-state index >= 15 is 0 Å². The molecule has 0 aliphatic carbocycles. The SMILES string of the molecule is Cc1ccc(CNC(=O)c2ccccc2NC(=O)CSc2nnc(-c3cccc(C)c3)n2C)cc1. The topological polar surface area (TPSA) is 88.9 Å². The van der Waals surface area contributed by atoms with Crippen LogP contribution >= 0.6 is 11.8 Å². The summed E-state index contributed by atoms with van der Waals surface area (Å²) >= 11 is 1.29. The van der Waals surface area contributed by atoms with Crippen LogP contribution in [0.5, 0.6) is 0 Å². The predicted molar refractivity (Wildman–Crippen MR) is 139 cm³/mol. The van der Waals surface area contributed by atoms with Gasteiger partial charge in [-0.1, -0.05) is 77.5 Å². The van der Waals surface area contributed by atoms with Crippen LogP contribution in [0.2, 0.25) is 0 Å². The summed E-state index contributed by atoms with van der Waals surface area (Å²) in [5.41, 5.74) is 5.17. The highest BCUT2D eigenvalue weighted by Gasteiger charge is 2.16. The van der Waals surface area contributed by atoms with Gasteiger partial charge in [0.2, 0.25) is 5.91 Å². The molecule has 0 radical (unpaired) electrons. The molecule has 4 rings (SSSR count). The van der Waals surface area contributed by atoms with Crippen LogP contribution in [-0.2, 0) is 18.4 Å². The number of amides is 2. The first-order valence-electron chi connectivity index (χ1n) is 11.2. The second-order valence-electron chi connectivity index (χ2n) is 8.29. The molecule has 2 N–H and O–H groups in total. The number of aryl methyl sites for hydroxylation is 2. The second kappa shape index (κ2) is 11.0. The number of nitrogens with zero attached hydrogens (tertiary/aromatic N) is 3. The summed E-state index contributed by atoms with van der Waals surface area (Å²) in [6.07, 6.45) is 0. The summed E-state index contributed by atoms with van der Waals surface area (Å²) in [5.74, 6) is 0.408. The van der Waals surface area contributed by atoms with E-state index in [0.29, 0.717) is 23.0 Å². The first-order valence-corrected chi connectivity index (χ1v) is 12.2. The fraction of sp³-hybridized carbons (Fsp3) is 0.185. The second-order valence-corrected chi connectivity index (χ2v) is 9.23. The Morgan fingerprint density at radius 1 is 0.914 bits per heavy atom. The maximum absolute atomic E-state index is 12.8. The highest BCUT2D eigenvalue weighted by Crippen LogP contribution is 2.24. The number of rotatable bonds is 8. The molecule has 35 heavy (non-hydrogen) atoms. The molecule has 0 unspecified atom stereocenters. The minimum Gasteiger partial charge on any atom is -0.348 e. The van der Waals surface area contributed by atoms with Gasteiger partial charge in [0.25, 0.3) is 5.91 Å². The van der Waals surface area contributed by atoms with Gasteiger partial charge in [0.1, 0.15) is 0 Å². The van der Waals surface area contributed by atoms with Crippen LogP contribution in [0.25, 0.3) is 11.4 Å². The van der Waals surface area contributed by atoms with E-state index in [-0.39, 0.29) is 17.6 Å². The molecule has 8 heteroatoms. The van der Waals surface area contributed by atoms with Crippen molar-refractivity contribution in [3.63, 3.8) is 0 Å². The number of aromatic nitrogens is 3. The van der Waals surface area contributed by atoms with E-state index < -0.39 is 0 Å². The van der Waals surface area contributed by atoms with Gasteiger partial charge in [-0.05, 0) is 37.6 Å². The zero-order valence-corrected chi connectivity index (χ0v) is 20.7. The summed E-state index contributed by atoms with van der Waals surface area (Å²) in [6, 6.07) is 23.0. The summed E-state index contributed by atoms with van der Waals surface area (Å²) in [5, 5.41) is 14.9. The smallest absolute Gasteiger partial charge is 0.253 e. The average molecular weight is 486 g/mol. The Balaban J connectivity index is 1.37. The van der Waals surface area contributed by atoms with E-state index in [1.165, 1.54) is 17.3 Å². The predicted octanol–water partition coefficient (Wildman–Crippen LogP) is 4.76. The quantitative estimate of drug-likeness (QED) is 0.351. The van der Waals surface area contributed by atoms with Gasteiger partial charge < -0.3 is 15.2 Å². The summed E-state index contributed by atoms with van der Waals surface area (Å²) in [6.45, 7) is 4.46. The normalized spacial score (nSPS) is 10.7. The number of para-hydroxylation sites is 1. The van der Waals surface area contributed by atoms with E-state index in [1.54, 1.807) is 24.3 Å². The average Bonchev–Trinajstić information content (AvgIpc) is 3.22. The first kappa shape index (κ1) is 24.2. The van der Waals surface area contributed by atoms with Crippen molar-refractivity contribution in [1.29, 1.82) is 0 Å². The Morgan fingerprint density at radius 2 is 1.69 bits per heavy atom. The molecule has 0 aliphatic rings. The minimum absolute atomic E-state index is 0.138. The molecule has 7 nitrogen and oxygen atoms in total. The van der Waals surface area contributed by atoms with Gasteiger partial charge in [-0.2, -0.15) is 0 Å². The fourth-order valence-corrected chi connectivity index (χ4v) is 4.28. The summed E-state index contributed by atoms with van der Waals surface area (Å²) in [4.78, 5) is 25.5. The molecule has 0 bridgehead atoms. The monoisotopic (exact) mass is 485 g/mol. The van der Waals surface area contributed by atoms with Crippen LogP contribution < -0.4 is 10.6 Å². The Morgan fingerprint density at radius 3 is 2.46 bits per heavy atom. The van der Waals surface area contributed by atoms with Crippen molar-refractivity contribution in [2.75, 3.05) is 11.1 Å². The largest absolute Gasteiger partial charge is 0.348 e. The van der Waals surface area contributed by atoms with Crippen molar-refractivity contribution in [2.45, 2.75) is 25.5 Å². The van der Waals surface area contributed by atoms with Gasteiger partial charge in [0, 0.05) is 19.2 Å². The lowest BCUT2D eigenvalue weighted by molar-refractivity contribution is -0.113. The van der Waals surface area contributed by atoms with Crippen molar-refractivity contribution in [3.8, 4) is 11.4 Å². The number of anilines is 1. The molecule has 0 saturated carbocycles. The zero-order chi connectivity index (χ0) is 24.8. The Hall–Kier alpha value is -3.91. The molecule has 0 atom stereocenters. The van der Waals surface area contributed by atoms with Crippen molar-refractivity contribution >= 4 is 29.3 Å². The number of thioether (sulfide) groups is 1. The Labute approximate surface area is 209 Å². The van der Waals surface area contributed by atoms with Crippen LogP contribution in [0.4, 0.5) is 5.69 Å². The van der Waals surface area contributed by atoms with E-state index in [0.717, 1.165) is 22.5 Å². The maximum Gasteiger partial charge on any atom is 0.253 e. The highest BCUT2D eigenvalue weighted by molar-refractivity contribution is 7.99. The van der Waals surface area contributed by atoms with E-state index in [9.17, 15) is 9.59 Å². The maximum atomic E-state index is 12.8. The van der Waals surface area contributed by atoms with Crippen LogP contribution in [0, 0.1) is 13.8 Å². The van der Waals surface area contributed by atoms with Crippen molar-refractivity contribution in [2.24, 2.45) is 7.05 Å². The molecule has 3 aromatic carbocycles. The van der Waals surface area contributed by atoms with Gasteiger partial charge in [-0.15, -0.1) is 10.2 Å². The molecule has 2 amide bonds. The molecule has 0 aliphatic heterocycles. The van der Waals surface area contributed by atoms with Gasteiger partial charge in [-0.3, -0.25) is 9.59 Å². The molecular formula is C27H27N5O2S. The molecule has 4 aromatic rings. The van der Waals surface area contributed by atoms with Crippen LogP contribution in [0.1, 0.15) is 27.0 Å². The fourth-order valence-electron chi connectivity index (χ4n) is 3.57. The van der Waals surface area contributed by atoms with Crippen LogP contribution in [0.15, 0.2) is 78.0 Å². The van der Waals surface area contributed by atoms with Crippen molar-refractivity contribution in [3.05, 3.63) is 95.1 Å². The van der Waals surface area contributed by atoms with E-state index in [2.05, 4.69) is 20.8 Å². The number of nitrogens with one attached hydrogen (secondary N) is 2. The molecule has 0 spiro atoms. The number of carbonyl (C=O) groups is 2. The molecule has 0 saturated heterocycles.